The fourth-order valence-corrected chi connectivity index (χ4v) is 4.02. The average Bonchev–Trinajstić information content (AvgIpc) is 3.42. The monoisotopic (exact) mass is 535 g/mol. The lowest BCUT2D eigenvalue weighted by atomic mass is 9.95. The van der Waals surface area contributed by atoms with Crippen LogP contribution in [0.4, 0.5) is 0 Å². The molecular weight excluding hydrogens is 502 g/mol. The fourth-order valence-electron chi connectivity index (χ4n) is 3.75. The number of halogens is 1. The molecule has 2 heterocycles. The number of H-pyrrole nitrogens is 1. The van der Waals surface area contributed by atoms with E-state index >= 15 is 0 Å². The number of nitrogens with one attached hydrogen (secondary N) is 1. The zero-order valence-electron chi connectivity index (χ0n) is 22.9. The number of ether oxygens (including phenoxy) is 3. The number of pyridine rings is 1. The summed E-state index contributed by atoms with van der Waals surface area (Å²) < 4.78 is 15.8. The standard InChI is InChI=1S/C28H28ClN3O4.C2H6/c1-17-12-25(36-16-28(2,3)27(33)35-5)30-14-22(17)19-8-11-21(23(29)13-19)26-31-15-24(32-26)18-6-9-20(34-4)10-7-18;1-2/h6-15H,16H2,1-5H3,(H,31,32);1-2H3. The van der Waals surface area contributed by atoms with Crippen molar-refractivity contribution in [3.8, 4) is 45.4 Å². The molecule has 7 nitrogen and oxygen atoms in total. The zero-order valence-corrected chi connectivity index (χ0v) is 23.6. The topological polar surface area (TPSA) is 86.3 Å². The normalized spacial score (nSPS) is 10.8. The molecule has 0 amide bonds. The maximum absolute atomic E-state index is 11.9. The van der Waals surface area contributed by atoms with Gasteiger partial charge in [0.15, 0.2) is 0 Å². The highest BCUT2D eigenvalue weighted by Crippen LogP contribution is 2.34. The summed E-state index contributed by atoms with van der Waals surface area (Å²) in [4.78, 5) is 24.2. The van der Waals surface area contributed by atoms with Crippen molar-refractivity contribution in [2.45, 2.75) is 34.6 Å². The fraction of sp³-hybridized carbons (Fsp3) is 0.300. The second kappa shape index (κ2) is 12.6. The van der Waals surface area contributed by atoms with E-state index in [4.69, 9.17) is 25.8 Å². The molecular formula is C30H34ClN3O4. The van der Waals surface area contributed by atoms with Crippen LogP contribution in [0.3, 0.4) is 0 Å². The van der Waals surface area contributed by atoms with Crippen LogP contribution >= 0.6 is 11.6 Å². The van der Waals surface area contributed by atoms with Gasteiger partial charge in [-0.25, -0.2) is 9.97 Å². The molecule has 200 valence electrons. The van der Waals surface area contributed by atoms with Crippen molar-refractivity contribution in [3.63, 3.8) is 0 Å². The first-order valence-corrected chi connectivity index (χ1v) is 12.8. The molecule has 2 aromatic heterocycles. The van der Waals surface area contributed by atoms with Gasteiger partial charge in [0, 0.05) is 23.4 Å². The zero-order chi connectivity index (χ0) is 27.9. The number of imidazole rings is 1. The molecule has 0 unspecified atom stereocenters. The third kappa shape index (κ3) is 6.53. The molecule has 0 bridgehead atoms. The molecule has 4 rings (SSSR count). The van der Waals surface area contributed by atoms with E-state index in [2.05, 4.69) is 15.0 Å². The summed E-state index contributed by atoms with van der Waals surface area (Å²) in [5.41, 5.74) is 4.75. The predicted octanol–water partition coefficient (Wildman–Crippen LogP) is 7.38. The number of methoxy groups -OCH3 is 2. The third-order valence-corrected chi connectivity index (χ3v) is 6.23. The van der Waals surface area contributed by atoms with Gasteiger partial charge in [0.2, 0.25) is 5.88 Å². The molecule has 0 spiro atoms. The van der Waals surface area contributed by atoms with E-state index in [0.717, 1.165) is 39.3 Å². The number of aryl methyl sites for hydroxylation is 1. The van der Waals surface area contributed by atoms with Gasteiger partial charge < -0.3 is 19.2 Å². The molecule has 0 aliphatic carbocycles. The smallest absolute Gasteiger partial charge is 0.314 e. The molecule has 0 saturated carbocycles. The lowest BCUT2D eigenvalue weighted by Gasteiger charge is -2.21. The molecule has 0 fully saturated rings. The van der Waals surface area contributed by atoms with Gasteiger partial charge in [-0.1, -0.05) is 31.5 Å². The largest absolute Gasteiger partial charge is 0.497 e. The second-order valence-corrected chi connectivity index (χ2v) is 9.48. The van der Waals surface area contributed by atoms with Crippen LogP contribution in [0.2, 0.25) is 5.02 Å². The predicted molar refractivity (Wildman–Crippen MR) is 152 cm³/mol. The Hall–Kier alpha value is -3.84. The highest BCUT2D eigenvalue weighted by molar-refractivity contribution is 6.33. The minimum atomic E-state index is -0.772. The van der Waals surface area contributed by atoms with E-state index in [9.17, 15) is 4.79 Å². The van der Waals surface area contributed by atoms with Crippen LogP contribution in [0.15, 0.2) is 60.9 Å². The van der Waals surface area contributed by atoms with Crippen LogP contribution in [-0.4, -0.2) is 41.7 Å². The first kappa shape index (κ1) is 28.7. The highest BCUT2D eigenvalue weighted by atomic mass is 35.5. The molecule has 1 N–H and O–H groups in total. The quantitative estimate of drug-likeness (QED) is 0.237. The lowest BCUT2D eigenvalue weighted by Crippen LogP contribution is -2.32. The Labute approximate surface area is 229 Å². The van der Waals surface area contributed by atoms with Crippen LogP contribution in [-0.2, 0) is 9.53 Å². The van der Waals surface area contributed by atoms with Gasteiger partial charge >= 0.3 is 5.97 Å². The van der Waals surface area contributed by atoms with Crippen molar-refractivity contribution in [1.29, 1.82) is 0 Å². The van der Waals surface area contributed by atoms with E-state index in [-0.39, 0.29) is 12.6 Å². The Bertz CT molecular complexity index is 1380. The summed E-state index contributed by atoms with van der Waals surface area (Å²) in [6.45, 7) is 9.67. The van der Waals surface area contributed by atoms with Crippen molar-refractivity contribution in [1.82, 2.24) is 15.0 Å². The summed E-state index contributed by atoms with van der Waals surface area (Å²) in [5.74, 6) is 1.59. The van der Waals surface area contributed by atoms with Crippen molar-refractivity contribution in [2.75, 3.05) is 20.8 Å². The first-order chi connectivity index (χ1) is 18.2. The molecule has 38 heavy (non-hydrogen) atoms. The number of aromatic amines is 1. The minimum absolute atomic E-state index is 0.160. The van der Waals surface area contributed by atoms with Crippen LogP contribution in [0.5, 0.6) is 11.6 Å². The Kier molecular flexibility index (Phi) is 9.53. The van der Waals surface area contributed by atoms with E-state index < -0.39 is 5.41 Å². The molecule has 2 aromatic carbocycles. The van der Waals surface area contributed by atoms with E-state index in [1.807, 2.05) is 69.3 Å². The number of carbonyl (C=O) groups is 1. The molecule has 0 aliphatic heterocycles. The van der Waals surface area contributed by atoms with Crippen LogP contribution in [0.25, 0.3) is 33.8 Å². The average molecular weight is 536 g/mol. The summed E-state index contributed by atoms with van der Waals surface area (Å²) in [6.07, 6.45) is 3.53. The van der Waals surface area contributed by atoms with Gasteiger partial charge in [-0.15, -0.1) is 0 Å². The van der Waals surface area contributed by atoms with E-state index in [0.29, 0.717) is 16.7 Å². The minimum Gasteiger partial charge on any atom is -0.497 e. The summed E-state index contributed by atoms with van der Waals surface area (Å²) in [6, 6.07) is 15.4. The number of carbonyl (C=O) groups excluding carboxylic acids is 1. The number of hydrogen-bond donors (Lipinski definition) is 1. The summed E-state index contributed by atoms with van der Waals surface area (Å²) >= 11 is 6.67. The third-order valence-electron chi connectivity index (χ3n) is 5.92. The van der Waals surface area contributed by atoms with Gasteiger partial charge in [-0.05, 0) is 73.9 Å². The van der Waals surface area contributed by atoms with Crippen molar-refractivity contribution in [3.05, 3.63) is 71.5 Å². The van der Waals surface area contributed by atoms with Gasteiger partial charge in [-0.3, -0.25) is 4.79 Å². The molecule has 0 atom stereocenters. The van der Waals surface area contributed by atoms with Crippen molar-refractivity contribution >= 4 is 17.6 Å². The maximum atomic E-state index is 11.9. The van der Waals surface area contributed by atoms with Gasteiger partial charge in [0.05, 0.1) is 36.5 Å². The number of rotatable bonds is 8. The number of hydrogen-bond acceptors (Lipinski definition) is 6. The summed E-state index contributed by atoms with van der Waals surface area (Å²) in [7, 11) is 3.01. The van der Waals surface area contributed by atoms with Gasteiger partial charge in [0.1, 0.15) is 18.2 Å². The van der Waals surface area contributed by atoms with Gasteiger partial charge in [0.25, 0.3) is 0 Å². The number of benzene rings is 2. The second-order valence-electron chi connectivity index (χ2n) is 9.07. The number of nitrogens with zero attached hydrogens (tertiary/aromatic N) is 2. The van der Waals surface area contributed by atoms with Gasteiger partial charge in [-0.2, -0.15) is 0 Å². The SMILES string of the molecule is CC.COC(=O)C(C)(C)COc1cc(C)c(-c2ccc(-c3ncc(-c4ccc(OC)cc4)[nH]3)c(Cl)c2)cn1. The highest BCUT2D eigenvalue weighted by Gasteiger charge is 2.30. The Balaban J connectivity index is 0.00000195. The maximum Gasteiger partial charge on any atom is 0.314 e. The van der Waals surface area contributed by atoms with Crippen molar-refractivity contribution in [2.24, 2.45) is 5.41 Å². The van der Waals surface area contributed by atoms with Crippen LogP contribution in [0.1, 0.15) is 33.3 Å². The number of aromatic nitrogens is 3. The number of esters is 1. The molecule has 4 aromatic rings. The lowest BCUT2D eigenvalue weighted by molar-refractivity contribution is -0.152. The van der Waals surface area contributed by atoms with Crippen LogP contribution < -0.4 is 9.47 Å². The Morgan fingerprint density at radius 2 is 1.63 bits per heavy atom. The molecule has 0 saturated heterocycles. The Morgan fingerprint density at radius 1 is 0.947 bits per heavy atom. The summed E-state index contributed by atoms with van der Waals surface area (Å²) in [5, 5.41) is 0.572. The molecule has 8 heteroatoms. The Morgan fingerprint density at radius 3 is 2.24 bits per heavy atom. The first-order valence-electron chi connectivity index (χ1n) is 12.4. The van der Waals surface area contributed by atoms with Crippen LogP contribution in [0, 0.1) is 12.3 Å². The van der Waals surface area contributed by atoms with Crippen molar-refractivity contribution < 1.29 is 19.0 Å². The van der Waals surface area contributed by atoms with E-state index in [1.54, 1.807) is 33.4 Å². The molecule has 0 radical (unpaired) electrons. The molecule has 0 aliphatic rings. The van der Waals surface area contributed by atoms with E-state index in [1.165, 1.54) is 7.11 Å².